The van der Waals surface area contributed by atoms with Crippen molar-refractivity contribution < 1.29 is 39.7 Å². The van der Waals surface area contributed by atoms with Gasteiger partial charge in [-0.25, -0.2) is 4.68 Å². The van der Waals surface area contributed by atoms with Crippen LogP contribution in [0, 0.1) is 5.41 Å². The van der Waals surface area contributed by atoms with Gasteiger partial charge in [-0.15, -0.1) is 16.9 Å². The van der Waals surface area contributed by atoms with Crippen LogP contribution in [0.4, 0.5) is 0 Å². The number of aromatic hydroxyl groups is 1. The van der Waals surface area contributed by atoms with Crippen LogP contribution in [0.2, 0.25) is 0 Å². The Bertz CT molecular complexity index is 1250. The summed E-state index contributed by atoms with van der Waals surface area (Å²) in [6, 6.07) is 4.55. The lowest BCUT2D eigenvalue weighted by atomic mass is 9.89. The molecule has 0 aliphatic carbocycles. The van der Waals surface area contributed by atoms with Crippen molar-refractivity contribution in [1.82, 2.24) is 30.4 Å². The number of rotatable bonds is 9. The highest BCUT2D eigenvalue weighted by Gasteiger charge is 2.57. The molecule has 0 bridgehead atoms. The number of hydrogen-bond acceptors (Lipinski definition) is 12. The number of amides is 2. The zero-order valence-corrected chi connectivity index (χ0v) is 19.8. The van der Waals surface area contributed by atoms with Crippen molar-refractivity contribution >= 4 is 53.0 Å². The number of thioether (sulfide) groups is 2. The third-order valence-electron chi connectivity index (χ3n) is 5.58. The SMILES string of the molecule is O=C(O)Cn1nnnc1SCC1(C(=O)O)CS[C@@H]2C(NC(=O)C(=NO)c3cccc(O)c3)C(=O)N2C1. The molecule has 190 valence electrons. The molecule has 2 aliphatic rings. The van der Waals surface area contributed by atoms with E-state index in [1.54, 1.807) is 0 Å². The van der Waals surface area contributed by atoms with E-state index in [1.165, 1.54) is 40.9 Å². The van der Waals surface area contributed by atoms with Gasteiger partial charge in [0.15, 0.2) is 5.71 Å². The van der Waals surface area contributed by atoms with Gasteiger partial charge in [0.25, 0.3) is 5.91 Å². The Morgan fingerprint density at radius 3 is 2.75 bits per heavy atom. The average Bonchev–Trinajstić information content (AvgIpc) is 3.27. The highest BCUT2D eigenvalue weighted by molar-refractivity contribution is 8.00. The Morgan fingerprint density at radius 1 is 1.31 bits per heavy atom. The van der Waals surface area contributed by atoms with Crippen LogP contribution in [0.1, 0.15) is 5.56 Å². The number of β-lactam (4-membered cyclic amide) rings is 1. The second kappa shape index (κ2) is 10.0. The van der Waals surface area contributed by atoms with E-state index in [1.807, 2.05) is 0 Å². The van der Waals surface area contributed by atoms with Crippen molar-refractivity contribution in [2.75, 3.05) is 18.1 Å². The highest BCUT2D eigenvalue weighted by Crippen LogP contribution is 2.44. The maximum absolute atomic E-state index is 12.8. The van der Waals surface area contributed by atoms with Crippen molar-refractivity contribution in [3.8, 4) is 5.75 Å². The van der Waals surface area contributed by atoms with E-state index < -0.39 is 52.8 Å². The molecule has 2 amide bonds. The van der Waals surface area contributed by atoms with Gasteiger partial charge in [0.1, 0.15) is 29.1 Å². The first kappa shape index (κ1) is 25.2. The number of fused-ring (bicyclic) bond motifs is 1. The lowest BCUT2D eigenvalue weighted by Gasteiger charge is -2.53. The molecule has 2 aliphatic heterocycles. The third-order valence-corrected chi connectivity index (χ3v) is 8.42. The van der Waals surface area contributed by atoms with Gasteiger partial charge in [-0.3, -0.25) is 19.2 Å². The van der Waals surface area contributed by atoms with Crippen LogP contribution in [-0.4, -0.2) is 105 Å². The molecule has 2 fully saturated rings. The molecule has 5 N–H and O–H groups in total. The Labute approximate surface area is 210 Å². The van der Waals surface area contributed by atoms with Crippen LogP contribution in [0.5, 0.6) is 5.75 Å². The number of carbonyl (C=O) groups is 4. The first-order valence-electron chi connectivity index (χ1n) is 10.2. The quantitative estimate of drug-likeness (QED) is 0.0844. The van der Waals surface area contributed by atoms with Gasteiger partial charge in [-0.05, 0) is 22.6 Å². The lowest BCUT2D eigenvalue weighted by Crippen LogP contribution is -2.74. The predicted octanol–water partition coefficient (Wildman–Crippen LogP) is -1.10. The number of aliphatic carboxylic acids is 2. The number of aromatic nitrogens is 4. The maximum atomic E-state index is 12.8. The molecular formula is C19H19N7O8S2. The van der Waals surface area contributed by atoms with Crippen LogP contribution < -0.4 is 5.32 Å². The van der Waals surface area contributed by atoms with Gasteiger partial charge >= 0.3 is 11.9 Å². The van der Waals surface area contributed by atoms with E-state index in [2.05, 4.69) is 26.0 Å². The summed E-state index contributed by atoms with van der Waals surface area (Å²) in [6.45, 7) is -0.619. The molecule has 2 aromatic rings. The molecule has 1 aromatic heterocycles. The number of benzene rings is 1. The smallest absolute Gasteiger partial charge is 0.325 e. The number of carbonyl (C=O) groups excluding carboxylic acids is 2. The number of nitrogens with zero attached hydrogens (tertiary/aromatic N) is 6. The molecule has 1 aromatic carbocycles. The van der Waals surface area contributed by atoms with Gasteiger partial charge in [-0.2, -0.15) is 0 Å². The zero-order valence-electron chi connectivity index (χ0n) is 18.2. The highest BCUT2D eigenvalue weighted by atomic mass is 32.2. The number of phenols is 1. The summed E-state index contributed by atoms with van der Waals surface area (Å²) in [4.78, 5) is 50.0. The van der Waals surface area contributed by atoms with E-state index in [0.717, 1.165) is 16.4 Å². The second-order valence-corrected chi connectivity index (χ2v) is 10.1. The van der Waals surface area contributed by atoms with Crippen molar-refractivity contribution in [2.24, 2.45) is 10.6 Å². The van der Waals surface area contributed by atoms with Crippen LogP contribution in [0.3, 0.4) is 0 Å². The normalized spacial score (nSPS) is 23.5. The van der Waals surface area contributed by atoms with E-state index in [0.29, 0.717) is 0 Å². The van der Waals surface area contributed by atoms with E-state index in [-0.39, 0.29) is 34.5 Å². The number of oxime groups is 1. The summed E-state index contributed by atoms with van der Waals surface area (Å²) >= 11 is 2.15. The summed E-state index contributed by atoms with van der Waals surface area (Å²) in [5.74, 6) is -3.71. The number of phenolic OH excluding ortho intramolecular Hbond substituents is 1. The van der Waals surface area contributed by atoms with Crippen LogP contribution in [-0.2, 0) is 25.7 Å². The molecule has 0 radical (unpaired) electrons. The zero-order chi connectivity index (χ0) is 26.0. The lowest BCUT2D eigenvalue weighted by molar-refractivity contribution is -0.157. The number of nitrogens with one attached hydrogen (secondary N) is 1. The number of hydrogen-bond donors (Lipinski definition) is 5. The summed E-state index contributed by atoms with van der Waals surface area (Å²) in [5.41, 5.74) is -1.62. The molecule has 2 unspecified atom stereocenters. The molecule has 0 saturated carbocycles. The van der Waals surface area contributed by atoms with E-state index in [9.17, 15) is 34.6 Å². The average molecular weight is 538 g/mol. The number of tetrazole rings is 1. The first-order chi connectivity index (χ1) is 17.1. The molecule has 3 heterocycles. The molecule has 2 saturated heterocycles. The van der Waals surface area contributed by atoms with Crippen molar-refractivity contribution in [2.45, 2.75) is 23.1 Å². The molecule has 17 heteroatoms. The van der Waals surface area contributed by atoms with Gasteiger partial charge in [0.05, 0.1) is 0 Å². The van der Waals surface area contributed by atoms with Gasteiger partial charge in [0.2, 0.25) is 11.1 Å². The number of carboxylic acids is 2. The Hall–Kier alpha value is -3.86. The summed E-state index contributed by atoms with van der Waals surface area (Å²) in [6.07, 6.45) is 0. The molecule has 4 rings (SSSR count). The minimum Gasteiger partial charge on any atom is -0.508 e. The number of carboxylic acid groups (broad SMARTS) is 2. The predicted molar refractivity (Wildman–Crippen MR) is 123 cm³/mol. The maximum Gasteiger partial charge on any atom is 0.325 e. The fraction of sp³-hybridized carbons (Fsp3) is 0.368. The van der Waals surface area contributed by atoms with Gasteiger partial charge < -0.3 is 30.7 Å². The van der Waals surface area contributed by atoms with Crippen LogP contribution >= 0.6 is 23.5 Å². The standard InChI is InChI=1S/C19H19N7O8S2/c27-10-3-1-2-9(4-10)12(22-34)14(30)20-13-15(31)25-6-19(17(32)33,7-35-16(13)25)8-36-18-21-23-24-26(18)5-11(28)29/h1-4,13,16,27,34H,5-8H2,(H,20,30)(H,28,29)(H,32,33)/t13?,16-,19?/m1/s1. The van der Waals surface area contributed by atoms with E-state index >= 15 is 0 Å². The van der Waals surface area contributed by atoms with Crippen LogP contribution in [0.15, 0.2) is 34.6 Å². The van der Waals surface area contributed by atoms with E-state index in [4.69, 9.17) is 5.11 Å². The van der Waals surface area contributed by atoms with Gasteiger partial charge in [0, 0.05) is 23.6 Å². The van der Waals surface area contributed by atoms with Crippen molar-refractivity contribution in [1.29, 1.82) is 0 Å². The summed E-state index contributed by atoms with van der Waals surface area (Å²) < 4.78 is 1.04. The molecule has 36 heavy (non-hydrogen) atoms. The molecule has 0 spiro atoms. The fourth-order valence-corrected chi connectivity index (χ4v) is 6.47. The Morgan fingerprint density at radius 2 is 2.08 bits per heavy atom. The minimum absolute atomic E-state index is 0.0261. The second-order valence-electron chi connectivity index (χ2n) is 8.00. The van der Waals surface area contributed by atoms with Gasteiger partial charge in [-0.1, -0.05) is 29.1 Å². The third kappa shape index (κ3) is 4.78. The topological polar surface area (TPSA) is 220 Å². The van der Waals surface area contributed by atoms with Crippen molar-refractivity contribution in [3.05, 3.63) is 29.8 Å². The largest absolute Gasteiger partial charge is 0.508 e. The first-order valence-corrected chi connectivity index (χ1v) is 12.3. The summed E-state index contributed by atoms with van der Waals surface area (Å²) in [7, 11) is 0. The molecule has 15 nitrogen and oxygen atoms in total. The molecule has 3 atom stereocenters. The Kier molecular flexibility index (Phi) is 7.02. The fourth-order valence-electron chi connectivity index (χ4n) is 3.73. The molecular weight excluding hydrogens is 518 g/mol. The van der Waals surface area contributed by atoms with Crippen molar-refractivity contribution in [3.63, 3.8) is 0 Å². The summed E-state index contributed by atoms with van der Waals surface area (Å²) in [5, 5.41) is 53.7. The minimum atomic E-state index is -1.37. The van der Waals surface area contributed by atoms with Crippen LogP contribution in [0.25, 0.3) is 0 Å². The monoisotopic (exact) mass is 537 g/mol. The Balaban J connectivity index is 1.42.